The van der Waals surface area contributed by atoms with Gasteiger partial charge in [-0.2, -0.15) is 0 Å². The van der Waals surface area contributed by atoms with Gasteiger partial charge >= 0.3 is 5.97 Å². The zero-order valence-corrected chi connectivity index (χ0v) is 11.9. The van der Waals surface area contributed by atoms with E-state index in [1.807, 2.05) is 6.92 Å². The number of carbonyl (C=O) groups is 1. The van der Waals surface area contributed by atoms with E-state index < -0.39 is 5.79 Å². The normalized spacial score (nSPS) is 30.2. The average molecular weight is 271 g/mol. The fraction of sp³-hybridized carbons (Fsp3) is 0.929. The van der Waals surface area contributed by atoms with E-state index in [0.717, 1.165) is 25.7 Å². The maximum Gasteiger partial charge on any atom is 0.323 e. The van der Waals surface area contributed by atoms with E-state index in [1.54, 1.807) is 0 Å². The summed E-state index contributed by atoms with van der Waals surface area (Å²) in [5.41, 5.74) is 0. The number of nitrogens with one attached hydrogen (secondary N) is 1. The van der Waals surface area contributed by atoms with Gasteiger partial charge in [-0.15, -0.1) is 0 Å². The standard InChI is InChI=1S/C14H25NO4/c1-3-6-11-9-14(18-7-5-8-19-14)10-12(15-11)13(16)17-4-2/h11-12,15H,3-10H2,1-2H3/t11-,12-/m0/s1. The van der Waals surface area contributed by atoms with Crippen LogP contribution in [0, 0.1) is 0 Å². The second kappa shape index (κ2) is 6.68. The number of piperidine rings is 1. The molecule has 0 saturated carbocycles. The van der Waals surface area contributed by atoms with Gasteiger partial charge in [-0.3, -0.25) is 4.79 Å². The van der Waals surface area contributed by atoms with Crippen LogP contribution in [0.25, 0.3) is 0 Å². The van der Waals surface area contributed by atoms with Gasteiger partial charge in [0.05, 0.1) is 19.8 Å². The lowest BCUT2D eigenvalue weighted by Gasteiger charge is -2.45. The molecule has 2 saturated heterocycles. The molecule has 0 aromatic carbocycles. The Labute approximate surface area is 115 Å². The minimum Gasteiger partial charge on any atom is -0.465 e. The molecular formula is C14H25NO4. The Bertz CT molecular complexity index is 302. The van der Waals surface area contributed by atoms with Gasteiger partial charge in [0.1, 0.15) is 6.04 Å². The van der Waals surface area contributed by atoms with E-state index in [9.17, 15) is 4.79 Å². The van der Waals surface area contributed by atoms with Gasteiger partial charge in [0.25, 0.3) is 0 Å². The Morgan fingerprint density at radius 2 is 2.05 bits per heavy atom. The molecule has 0 unspecified atom stereocenters. The van der Waals surface area contributed by atoms with Crippen molar-refractivity contribution >= 4 is 5.97 Å². The molecule has 19 heavy (non-hydrogen) atoms. The van der Waals surface area contributed by atoms with E-state index in [2.05, 4.69) is 12.2 Å². The summed E-state index contributed by atoms with van der Waals surface area (Å²) in [6.45, 7) is 5.81. The fourth-order valence-electron chi connectivity index (χ4n) is 2.95. The predicted octanol–water partition coefficient (Wildman–Crippen LogP) is 1.60. The van der Waals surface area contributed by atoms with Gasteiger partial charge in [-0.1, -0.05) is 13.3 Å². The van der Waals surface area contributed by atoms with Crippen molar-refractivity contribution in [2.75, 3.05) is 19.8 Å². The molecule has 5 heteroatoms. The third-order valence-corrected chi connectivity index (χ3v) is 3.74. The summed E-state index contributed by atoms with van der Waals surface area (Å²) in [6.07, 6.45) is 4.38. The predicted molar refractivity (Wildman–Crippen MR) is 70.7 cm³/mol. The first-order valence-corrected chi connectivity index (χ1v) is 7.39. The first-order chi connectivity index (χ1) is 9.19. The summed E-state index contributed by atoms with van der Waals surface area (Å²) in [4.78, 5) is 12.0. The highest BCUT2D eigenvalue weighted by molar-refractivity contribution is 5.76. The summed E-state index contributed by atoms with van der Waals surface area (Å²) < 4.78 is 16.9. The number of esters is 1. The second-order valence-corrected chi connectivity index (χ2v) is 5.33. The van der Waals surface area contributed by atoms with Gasteiger partial charge in [0.2, 0.25) is 0 Å². The highest BCUT2D eigenvalue weighted by Gasteiger charge is 2.45. The third-order valence-electron chi connectivity index (χ3n) is 3.74. The lowest BCUT2D eigenvalue weighted by Crippen LogP contribution is -2.59. The summed E-state index contributed by atoms with van der Waals surface area (Å²) in [7, 11) is 0. The highest BCUT2D eigenvalue weighted by Crippen LogP contribution is 2.34. The van der Waals surface area contributed by atoms with Gasteiger partial charge < -0.3 is 19.5 Å². The van der Waals surface area contributed by atoms with Crippen LogP contribution in [0.3, 0.4) is 0 Å². The maximum atomic E-state index is 12.0. The summed E-state index contributed by atoms with van der Waals surface area (Å²) in [5.74, 6) is -0.777. The van der Waals surface area contributed by atoms with Crippen LogP contribution in [0.2, 0.25) is 0 Å². The van der Waals surface area contributed by atoms with Crippen LogP contribution in [-0.2, 0) is 19.0 Å². The van der Waals surface area contributed by atoms with Gasteiger partial charge in [0.15, 0.2) is 5.79 Å². The van der Waals surface area contributed by atoms with E-state index >= 15 is 0 Å². The van der Waals surface area contributed by atoms with Gasteiger partial charge in [0, 0.05) is 18.9 Å². The molecular weight excluding hydrogens is 246 g/mol. The second-order valence-electron chi connectivity index (χ2n) is 5.33. The Hall–Kier alpha value is -0.650. The van der Waals surface area contributed by atoms with E-state index in [-0.39, 0.29) is 18.1 Å². The monoisotopic (exact) mass is 271 g/mol. The smallest absolute Gasteiger partial charge is 0.323 e. The van der Waals surface area contributed by atoms with Crippen molar-refractivity contribution in [3.05, 3.63) is 0 Å². The minimum absolute atomic E-state index is 0.194. The number of rotatable bonds is 4. The molecule has 0 radical (unpaired) electrons. The minimum atomic E-state index is -0.583. The van der Waals surface area contributed by atoms with Crippen molar-refractivity contribution in [1.29, 1.82) is 0 Å². The van der Waals surface area contributed by atoms with Crippen molar-refractivity contribution in [2.24, 2.45) is 0 Å². The molecule has 2 heterocycles. The van der Waals surface area contributed by atoms with E-state index in [0.29, 0.717) is 26.2 Å². The molecule has 0 bridgehead atoms. The van der Waals surface area contributed by atoms with Crippen molar-refractivity contribution in [1.82, 2.24) is 5.32 Å². The molecule has 5 nitrogen and oxygen atoms in total. The molecule has 110 valence electrons. The molecule has 0 aromatic heterocycles. The Morgan fingerprint density at radius 3 is 2.68 bits per heavy atom. The topological polar surface area (TPSA) is 56.8 Å². The lowest BCUT2D eigenvalue weighted by molar-refractivity contribution is -0.286. The molecule has 1 N–H and O–H groups in total. The molecule has 2 rings (SSSR count). The molecule has 1 spiro atoms. The van der Waals surface area contributed by atoms with Gasteiger partial charge in [-0.05, 0) is 19.8 Å². The summed E-state index contributed by atoms with van der Waals surface area (Å²) >= 11 is 0. The van der Waals surface area contributed by atoms with E-state index in [1.165, 1.54) is 0 Å². The van der Waals surface area contributed by atoms with Crippen LogP contribution in [0.1, 0.15) is 46.0 Å². The lowest BCUT2D eigenvalue weighted by atomic mass is 9.89. The van der Waals surface area contributed by atoms with Crippen LogP contribution >= 0.6 is 0 Å². The van der Waals surface area contributed by atoms with Crippen LogP contribution in [-0.4, -0.2) is 43.7 Å². The van der Waals surface area contributed by atoms with Crippen LogP contribution in [0.4, 0.5) is 0 Å². The van der Waals surface area contributed by atoms with Crippen molar-refractivity contribution in [2.45, 2.75) is 63.8 Å². The van der Waals surface area contributed by atoms with Crippen molar-refractivity contribution in [3.8, 4) is 0 Å². The Kier molecular flexibility index (Phi) is 5.19. The third kappa shape index (κ3) is 3.68. The Morgan fingerprint density at radius 1 is 1.32 bits per heavy atom. The quantitative estimate of drug-likeness (QED) is 0.787. The number of carbonyl (C=O) groups excluding carboxylic acids is 1. The summed E-state index contributed by atoms with van der Waals surface area (Å²) in [6, 6.07) is -0.0605. The molecule has 2 fully saturated rings. The molecule has 2 atom stereocenters. The van der Waals surface area contributed by atoms with Crippen LogP contribution < -0.4 is 5.32 Å². The zero-order chi connectivity index (χ0) is 13.7. The van der Waals surface area contributed by atoms with Gasteiger partial charge in [-0.25, -0.2) is 0 Å². The molecule has 2 aliphatic rings. The first-order valence-electron chi connectivity index (χ1n) is 7.39. The first kappa shape index (κ1) is 14.8. The fourth-order valence-corrected chi connectivity index (χ4v) is 2.95. The van der Waals surface area contributed by atoms with Crippen LogP contribution in [0.15, 0.2) is 0 Å². The maximum absolute atomic E-state index is 12.0. The average Bonchev–Trinajstić information content (AvgIpc) is 2.39. The zero-order valence-electron chi connectivity index (χ0n) is 11.9. The molecule has 2 aliphatic heterocycles. The highest BCUT2D eigenvalue weighted by atomic mass is 16.7. The van der Waals surface area contributed by atoms with Crippen molar-refractivity contribution < 1.29 is 19.0 Å². The molecule has 0 amide bonds. The SMILES string of the molecule is CCC[C@H]1CC2(C[C@@H](C(=O)OCC)N1)OCCCO2. The summed E-state index contributed by atoms with van der Waals surface area (Å²) in [5, 5.41) is 3.38. The Balaban J connectivity index is 2.05. The van der Waals surface area contributed by atoms with Crippen LogP contribution in [0.5, 0.6) is 0 Å². The van der Waals surface area contributed by atoms with Crippen molar-refractivity contribution in [3.63, 3.8) is 0 Å². The number of ether oxygens (including phenoxy) is 3. The molecule has 0 aliphatic carbocycles. The largest absolute Gasteiger partial charge is 0.465 e. The number of hydrogen-bond acceptors (Lipinski definition) is 5. The van der Waals surface area contributed by atoms with E-state index in [4.69, 9.17) is 14.2 Å². The number of hydrogen-bond donors (Lipinski definition) is 1. The molecule has 0 aromatic rings.